The van der Waals surface area contributed by atoms with Crippen LogP contribution in [0.3, 0.4) is 0 Å². The number of hydrogen-bond donors (Lipinski definition) is 5. The molecule has 8 heteroatoms. The average Bonchev–Trinajstić information content (AvgIpc) is 2.24. The standard InChI is InChI=1S/C14H18F2O2.BH3O3/c1-13(2,17)14(3,18)6-4-5-10-7-11(15)9-12(16)8-10;2-1(3)4/h4-5,7-9,17-18H,6H2,1-3H3;2-4H/b5-4+;. The molecule has 1 unspecified atom stereocenters. The van der Waals surface area contributed by atoms with E-state index in [1.807, 2.05) is 0 Å². The summed E-state index contributed by atoms with van der Waals surface area (Å²) >= 11 is 0. The molecule has 0 aromatic heterocycles. The van der Waals surface area contributed by atoms with Crippen molar-refractivity contribution in [3.05, 3.63) is 41.5 Å². The van der Waals surface area contributed by atoms with Crippen molar-refractivity contribution in [3.8, 4) is 0 Å². The molecule has 22 heavy (non-hydrogen) atoms. The first-order valence-electron chi connectivity index (χ1n) is 6.47. The van der Waals surface area contributed by atoms with E-state index in [9.17, 15) is 19.0 Å². The molecule has 0 radical (unpaired) electrons. The Bertz CT molecular complexity index is 475. The van der Waals surface area contributed by atoms with E-state index in [2.05, 4.69) is 0 Å². The van der Waals surface area contributed by atoms with Gasteiger partial charge in [-0.25, -0.2) is 8.78 Å². The van der Waals surface area contributed by atoms with Crippen LogP contribution in [0.25, 0.3) is 6.08 Å². The van der Waals surface area contributed by atoms with Gasteiger partial charge in [0.05, 0.1) is 11.2 Å². The highest BCUT2D eigenvalue weighted by Gasteiger charge is 2.36. The summed E-state index contributed by atoms with van der Waals surface area (Å²) in [6, 6.07) is 3.18. The number of rotatable bonds is 4. The summed E-state index contributed by atoms with van der Waals surface area (Å²) in [6.45, 7) is 4.51. The van der Waals surface area contributed by atoms with Gasteiger partial charge in [0.1, 0.15) is 11.6 Å². The lowest BCUT2D eigenvalue weighted by Gasteiger charge is -2.34. The van der Waals surface area contributed by atoms with E-state index in [-0.39, 0.29) is 6.42 Å². The van der Waals surface area contributed by atoms with Crippen LogP contribution in [0.2, 0.25) is 0 Å². The second kappa shape index (κ2) is 8.35. The molecule has 0 spiro atoms. The predicted octanol–water partition coefficient (Wildman–Crippen LogP) is 0.838. The van der Waals surface area contributed by atoms with E-state index in [4.69, 9.17) is 15.1 Å². The van der Waals surface area contributed by atoms with Crippen molar-refractivity contribution < 1.29 is 34.1 Å². The topological polar surface area (TPSA) is 101 Å². The van der Waals surface area contributed by atoms with Gasteiger partial charge in [-0.2, -0.15) is 0 Å². The van der Waals surface area contributed by atoms with Gasteiger partial charge in [0, 0.05) is 6.07 Å². The lowest BCUT2D eigenvalue weighted by molar-refractivity contribution is -0.117. The minimum Gasteiger partial charge on any atom is -0.402 e. The summed E-state index contributed by atoms with van der Waals surface area (Å²) in [5.41, 5.74) is -2.20. The van der Waals surface area contributed by atoms with Gasteiger partial charge in [0.15, 0.2) is 0 Å². The van der Waals surface area contributed by atoms with Crippen molar-refractivity contribution in [2.75, 3.05) is 0 Å². The van der Waals surface area contributed by atoms with Gasteiger partial charge in [-0.1, -0.05) is 12.2 Å². The van der Waals surface area contributed by atoms with Crippen LogP contribution in [0.5, 0.6) is 0 Å². The molecular weight excluding hydrogens is 297 g/mol. The number of aliphatic hydroxyl groups is 2. The van der Waals surface area contributed by atoms with Crippen LogP contribution in [0.4, 0.5) is 8.78 Å². The molecule has 1 aromatic carbocycles. The maximum absolute atomic E-state index is 12.9. The fourth-order valence-electron chi connectivity index (χ4n) is 1.35. The first-order chi connectivity index (χ1) is 9.85. The molecule has 0 aliphatic rings. The van der Waals surface area contributed by atoms with Crippen molar-refractivity contribution in [1.29, 1.82) is 0 Å². The molecule has 1 aromatic rings. The zero-order valence-electron chi connectivity index (χ0n) is 12.7. The SMILES string of the molecule is CC(C)(O)C(C)(O)C/C=C/c1cc(F)cc(F)c1.OB(O)O. The minimum absolute atomic E-state index is 0.175. The van der Waals surface area contributed by atoms with Gasteiger partial charge in [0.25, 0.3) is 0 Å². The van der Waals surface area contributed by atoms with Gasteiger partial charge >= 0.3 is 7.32 Å². The minimum atomic E-state index is -2.17. The van der Waals surface area contributed by atoms with E-state index in [1.165, 1.54) is 39.0 Å². The molecule has 0 heterocycles. The third kappa shape index (κ3) is 8.21. The smallest absolute Gasteiger partial charge is 0.402 e. The molecule has 0 amide bonds. The average molecular weight is 318 g/mol. The largest absolute Gasteiger partial charge is 0.631 e. The Hall–Kier alpha value is -1.32. The Labute approximate surface area is 128 Å². The molecule has 5 N–H and O–H groups in total. The first kappa shape index (κ1) is 20.7. The summed E-state index contributed by atoms with van der Waals surface area (Å²) in [5, 5.41) is 41.2. The van der Waals surface area contributed by atoms with Gasteiger partial charge in [0.2, 0.25) is 0 Å². The van der Waals surface area contributed by atoms with Crippen molar-refractivity contribution in [2.24, 2.45) is 0 Å². The Morgan fingerprint density at radius 1 is 1.00 bits per heavy atom. The second-order valence-electron chi connectivity index (χ2n) is 5.49. The van der Waals surface area contributed by atoms with Crippen LogP contribution in [-0.2, 0) is 0 Å². The zero-order chi connectivity index (χ0) is 17.6. The van der Waals surface area contributed by atoms with Gasteiger partial charge in [-0.15, -0.1) is 0 Å². The Morgan fingerprint density at radius 2 is 1.41 bits per heavy atom. The Kier molecular flexibility index (Phi) is 7.85. The van der Waals surface area contributed by atoms with E-state index in [1.54, 1.807) is 6.08 Å². The van der Waals surface area contributed by atoms with E-state index < -0.39 is 30.2 Å². The van der Waals surface area contributed by atoms with Crippen LogP contribution in [0.1, 0.15) is 32.8 Å². The van der Waals surface area contributed by atoms with Crippen molar-refractivity contribution in [2.45, 2.75) is 38.4 Å². The maximum Gasteiger partial charge on any atom is 0.631 e. The maximum atomic E-state index is 12.9. The molecule has 0 saturated carbocycles. The molecule has 0 saturated heterocycles. The molecule has 1 rings (SSSR count). The summed E-state index contributed by atoms with van der Waals surface area (Å²) in [6.07, 6.45) is 3.26. The summed E-state index contributed by atoms with van der Waals surface area (Å²) in [7, 11) is -2.17. The third-order valence-corrected chi connectivity index (χ3v) is 3.03. The van der Waals surface area contributed by atoms with E-state index in [0.717, 1.165) is 6.07 Å². The third-order valence-electron chi connectivity index (χ3n) is 3.03. The molecule has 0 fully saturated rings. The second-order valence-corrected chi connectivity index (χ2v) is 5.49. The van der Waals surface area contributed by atoms with Crippen LogP contribution >= 0.6 is 0 Å². The summed E-state index contributed by atoms with van der Waals surface area (Å²) in [5.74, 6) is -1.30. The monoisotopic (exact) mass is 318 g/mol. The predicted molar refractivity (Wildman–Crippen MR) is 79.3 cm³/mol. The normalized spacial score (nSPS) is 14.3. The number of halogens is 2. The molecule has 0 aliphatic heterocycles. The fraction of sp³-hybridized carbons (Fsp3) is 0.429. The highest BCUT2D eigenvalue weighted by Crippen LogP contribution is 2.25. The molecule has 124 valence electrons. The van der Waals surface area contributed by atoms with Gasteiger partial charge in [-0.3, -0.25) is 0 Å². The van der Waals surface area contributed by atoms with Crippen LogP contribution in [0.15, 0.2) is 24.3 Å². The van der Waals surface area contributed by atoms with Crippen LogP contribution < -0.4 is 0 Å². The summed E-state index contributed by atoms with van der Waals surface area (Å²) < 4.78 is 25.8. The molecule has 1 atom stereocenters. The first-order valence-corrected chi connectivity index (χ1v) is 6.47. The van der Waals surface area contributed by atoms with Crippen LogP contribution in [-0.4, -0.2) is 43.8 Å². The van der Waals surface area contributed by atoms with Crippen molar-refractivity contribution >= 4 is 13.4 Å². The van der Waals surface area contributed by atoms with E-state index >= 15 is 0 Å². The Balaban J connectivity index is 0.000000980. The van der Waals surface area contributed by atoms with Crippen molar-refractivity contribution in [3.63, 3.8) is 0 Å². The van der Waals surface area contributed by atoms with Gasteiger partial charge < -0.3 is 25.3 Å². The highest BCUT2D eigenvalue weighted by molar-refractivity contribution is 6.30. The van der Waals surface area contributed by atoms with Crippen LogP contribution in [0, 0.1) is 11.6 Å². The number of benzene rings is 1. The van der Waals surface area contributed by atoms with Crippen molar-refractivity contribution in [1.82, 2.24) is 0 Å². The number of hydrogen-bond acceptors (Lipinski definition) is 5. The Morgan fingerprint density at radius 3 is 1.77 bits per heavy atom. The molecule has 5 nitrogen and oxygen atoms in total. The van der Waals surface area contributed by atoms with E-state index in [0.29, 0.717) is 5.56 Å². The quantitative estimate of drug-likeness (QED) is 0.530. The summed E-state index contributed by atoms with van der Waals surface area (Å²) in [4.78, 5) is 0. The molecular formula is C14H21BF2O5. The fourth-order valence-corrected chi connectivity index (χ4v) is 1.35. The highest BCUT2D eigenvalue weighted by atomic mass is 19.1. The zero-order valence-corrected chi connectivity index (χ0v) is 12.7. The lowest BCUT2D eigenvalue weighted by atomic mass is 9.85. The molecule has 0 aliphatic carbocycles. The molecule has 0 bridgehead atoms. The van der Waals surface area contributed by atoms with Gasteiger partial charge in [-0.05, 0) is 44.9 Å². The lowest BCUT2D eigenvalue weighted by Crippen LogP contribution is -2.47.